The maximum Gasteiger partial charge on any atom is 0.407 e. The normalized spacial score (nSPS) is 16.8. The van der Waals surface area contributed by atoms with E-state index in [4.69, 9.17) is 9.47 Å². The number of alkyl carbamates (subject to hydrolysis) is 1. The number of rotatable bonds is 17. The quantitative estimate of drug-likeness (QED) is 0.126. The zero-order valence-electron chi connectivity index (χ0n) is 36.2. The molecule has 3 aromatic rings. The van der Waals surface area contributed by atoms with Gasteiger partial charge in [-0.05, 0) is 78.5 Å². The van der Waals surface area contributed by atoms with Crippen LogP contribution in [0.1, 0.15) is 77.0 Å². The molecule has 6 amide bonds. The number of hydrogen-bond donors (Lipinski definition) is 5. The van der Waals surface area contributed by atoms with E-state index in [1.165, 1.54) is 44.1 Å². The van der Waals surface area contributed by atoms with E-state index in [1.807, 2.05) is 48.5 Å². The fourth-order valence-corrected chi connectivity index (χ4v) is 7.84. The molecule has 1 fully saturated rings. The van der Waals surface area contributed by atoms with Crippen LogP contribution in [-0.2, 0) is 44.7 Å². The molecule has 5 rings (SSSR count). The Kier molecular flexibility index (Phi) is 15.8. The number of ether oxygens (including phenoxy) is 2. The van der Waals surface area contributed by atoms with Crippen molar-refractivity contribution in [1.82, 2.24) is 31.5 Å². The average molecular weight is 857 g/mol. The van der Waals surface area contributed by atoms with Crippen molar-refractivity contribution in [3.63, 3.8) is 0 Å². The molecule has 0 bridgehead atoms. The van der Waals surface area contributed by atoms with Crippen molar-refractivity contribution in [3.05, 3.63) is 95.3 Å². The van der Waals surface area contributed by atoms with E-state index in [2.05, 4.69) is 26.6 Å². The third kappa shape index (κ3) is 11.3. The van der Waals surface area contributed by atoms with Gasteiger partial charge in [-0.1, -0.05) is 88.4 Å². The molecule has 1 aliphatic carbocycles. The Balaban J connectivity index is 1.21. The molecule has 15 nitrogen and oxygen atoms in total. The van der Waals surface area contributed by atoms with Gasteiger partial charge in [-0.15, -0.1) is 0 Å². The highest BCUT2D eigenvalue weighted by atomic mass is 19.1. The van der Waals surface area contributed by atoms with Gasteiger partial charge in [0.15, 0.2) is 0 Å². The molecule has 2 aliphatic rings. The van der Waals surface area contributed by atoms with E-state index in [0.717, 1.165) is 22.3 Å². The number of carbonyl (C=O) groups excluding carboxylic acids is 7. The first-order valence-corrected chi connectivity index (χ1v) is 21.0. The monoisotopic (exact) mass is 856 g/mol. The maximum atomic E-state index is 14.3. The lowest BCUT2D eigenvalue weighted by molar-refractivity contribution is -0.147. The Hall–Kier alpha value is -6.32. The Morgan fingerprint density at radius 3 is 1.90 bits per heavy atom. The molecule has 0 radical (unpaired) electrons. The first kappa shape index (κ1) is 46.7. The van der Waals surface area contributed by atoms with Crippen molar-refractivity contribution >= 4 is 41.6 Å². The van der Waals surface area contributed by atoms with Gasteiger partial charge in [0.05, 0.1) is 7.11 Å². The molecule has 5 N–H and O–H groups in total. The highest BCUT2D eigenvalue weighted by Gasteiger charge is 2.40. The highest BCUT2D eigenvalue weighted by Crippen LogP contribution is 2.44. The number of halogens is 1. The molecule has 0 aromatic heterocycles. The molecule has 1 heterocycles. The summed E-state index contributed by atoms with van der Waals surface area (Å²) in [6, 6.07) is 14.7. The summed E-state index contributed by atoms with van der Waals surface area (Å²) in [5.74, 6) is -5.32. The van der Waals surface area contributed by atoms with Gasteiger partial charge in [0.1, 0.15) is 48.7 Å². The molecule has 0 unspecified atom stereocenters. The molecular weight excluding hydrogens is 800 g/mol. The zero-order valence-corrected chi connectivity index (χ0v) is 36.2. The van der Waals surface area contributed by atoms with Crippen LogP contribution in [0.4, 0.5) is 9.18 Å². The second-order valence-corrected chi connectivity index (χ2v) is 16.5. The molecule has 16 heteroatoms. The summed E-state index contributed by atoms with van der Waals surface area (Å²) in [5, 5.41) is 13.2. The van der Waals surface area contributed by atoms with Crippen molar-refractivity contribution < 1.29 is 47.4 Å². The second-order valence-electron chi connectivity index (χ2n) is 16.5. The van der Waals surface area contributed by atoms with Gasteiger partial charge in [0.25, 0.3) is 0 Å². The molecule has 6 atom stereocenters. The van der Waals surface area contributed by atoms with Crippen LogP contribution in [0.3, 0.4) is 0 Å². The molecule has 1 saturated heterocycles. The largest absolute Gasteiger partial charge is 0.467 e. The molecule has 0 saturated carbocycles. The van der Waals surface area contributed by atoms with Gasteiger partial charge in [-0.25, -0.2) is 14.0 Å². The van der Waals surface area contributed by atoms with Gasteiger partial charge in [0.2, 0.25) is 29.5 Å². The van der Waals surface area contributed by atoms with Crippen molar-refractivity contribution in [2.45, 2.75) is 103 Å². The van der Waals surface area contributed by atoms with Crippen LogP contribution in [-0.4, -0.2) is 103 Å². The minimum Gasteiger partial charge on any atom is -0.467 e. The van der Waals surface area contributed by atoms with E-state index >= 15 is 0 Å². The number of nitrogens with zero attached hydrogens (tertiary/aromatic N) is 1. The predicted molar refractivity (Wildman–Crippen MR) is 228 cm³/mol. The fraction of sp³-hybridized carbons (Fsp3) is 0.457. The molecule has 332 valence electrons. The van der Waals surface area contributed by atoms with Gasteiger partial charge in [-0.2, -0.15) is 0 Å². The van der Waals surface area contributed by atoms with Gasteiger partial charge in [0, 0.05) is 18.9 Å². The summed E-state index contributed by atoms with van der Waals surface area (Å²) < 4.78 is 24.7. The fourth-order valence-electron chi connectivity index (χ4n) is 7.84. The maximum absolute atomic E-state index is 14.3. The van der Waals surface area contributed by atoms with Crippen LogP contribution >= 0.6 is 0 Å². The topological polar surface area (TPSA) is 201 Å². The third-order valence-corrected chi connectivity index (χ3v) is 11.3. The standard InChI is InChI=1S/C46H57FN6O9/c1-25(2)38(43(57)52-39(26(3)4)45(59)61-7)51-42(56)37-20-13-21-53(37)44(58)36(23-29-14-12-15-30(47)22-29)50-41(55)27(5)48-40(54)28(6)49-46(60)62-24-35-33-18-10-8-16-31(33)32-17-9-11-19-34(32)35/h8-12,14-19,22,25-28,35-39H,13,20-21,23-24H2,1-7H3,(H,48,54)(H,49,60)(H,50,55)(H,51,56)(H,52,57)/t27-,28-,36-,37-,38-,39-/m0/s1. The zero-order chi connectivity index (χ0) is 45.2. The SMILES string of the molecule is COC(=O)[C@@H](NC(=O)[C@@H](NC(=O)[C@@H]1CCCN1C(=O)[C@H](Cc1cccc(F)c1)NC(=O)[C@H](C)NC(=O)[C@H](C)NC(=O)OCC1c2ccccc2-c2ccccc21)C(C)C)C(C)C. The van der Waals surface area contributed by atoms with E-state index in [0.29, 0.717) is 12.0 Å². The first-order valence-electron chi connectivity index (χ1n) is 21.0. The number of fused-ring (bicyclic) bond motifs is 3. The summed E-state index contributed by atoms with van der Waals surface area (Å²) in [5.41, 5.74) is 4.59. The number of nitrogens with one attached hydrogen (secondary N) is 5. The van der Waals surface area contributed by atoms with Crippen LogP contribution in [0.15, 0.2) is 72.8 Å². The Morgan fingerprint density at radius 1 is 0.710 bits per heavy atom. The molecule has 62 heavy (non-hydrogen) atoms. The van der Waals surface area contributed by atoms with Crippen LogP contribution in [0.25, 0.3) is 11.1 Å². The van der Waals surface area contributed by atoms with E-state index in [9.17, 15) is 38.0 Å². The summed E-state index contributed by atoms with van der Waals surface area (Å²) in [6.45, 7) is 9.99. The Bertz CT molecular complexity index is 2100. The van der Waals surface area contributed by atoms with Gasteiger partial charge >= 0.3 is 12.1 Å². The highest BCUT2D eigenvalue weighted by molar-refractivity contribution is 5.97. The third-order valence-electron chi connectivity index (χ3n) is 11.3. The van der Waals surface area contributed by atoms with Gasteiger partial charge < -0.3 is 41.0 Å². The molecule has 1 aliphatic heterocycles. The minimum absolute atomic E-state index is 0.0384. The summed E-state index contributed by atoms with van der Waals surface area (Å²) in [7, 11) is 1.22. The number of benzene rings is 3. The van der Waals surface area contributed by atoms with Crippen LogP contribution in [0.5, 0.6) is 0 Å². The number of likely N-dealkylation sites (tertiary alicyclic amines) is 1. The number of hydrogen-bond acceptors (Lipinski definition) is 9. The average Bonchev–Trinajstić information content (AvgIpc) is 3.86. The van der Waals surface area contributed by atoms with Gasteiger partial charge in [-0.3, -0.25) is 24.0 Å². The summed E-state index contributed by atoms with van der Waals surface area (Å²) >= 11 is 0. The number of carbonyl (C=O) groups is 7. The van der Waals surface area contributed by atoms with E-state index < -0.39 is 89.6 Å². The van der Waals surface area contributed by atoms with E-state index in [1.54, 1.807) is 33.8 Å². The lowest BCUT2D eigenvalue weighted by atomic mass is 9.98. The predicted octanol–water partition coefficient (Wildman–Crippen LogP) is 3.73. The van der Waals surface area contributed by atoms with E-state index in [-0.39, 0.29) is 37.8 Å². The number of methoxy groups -OCH3 is 1. The number of esters is 1. The van der Waals surface area contributed by atoms with Crippen LogP contribution in [0.2, 0.25) is 0 Å². The number of amides is 6. The van der Waals surface area contributed by atoms with Crippen molar-refractivity contribution in [2.75, 3.05) is 20.3 Å². The van der Waals surface area contributed by atoms with Crippen molar-refractivity contribution in [1.29, 1.82) is 0 Å². The smallest absolute Gasteiger partial charge is 0.407 e. The summed E-state index contributed by atoms with van der Waals surface area (Å²) in [4.78, 5) is 94.9. The Morgan fingerprint density at radius 2 is 1.31 bits per heavy atom. The van der Waals surface area contributed by atoms with Crippen LogP contribution in [0, 0.1) is 17.7 Å². The van der Waals surface area contributed by atoms with Crippen molar-refractivity contribution in [2.24, 2.45) is 11.8 Å². The molecular formula is C46H57FN6O9. The minimum atomic E-state index is -1.29. The summed E-state index contributed by atoms with van der Waals surface area (Å²) in [6.07, 6.45) is -0.253. The lowest BCUT2D eigenvalue weighted by Crippen LogP contribution is -2.60. The molecule has 0 spiro atoms. The van der Waals surface area contributed by atoms with Crippen LogP contribution < -0.4 is 26.6 Å². The lowest BCUT2D eigenvalue weighted by Gasteiger charge is -2.31. The van der Waals surface area contributed by atoms with Crippen molar-refractivity contribution in [3.8, 4) is 11.1 Å². The molecule has 3 aromatic carbocycles. The second kappa shape index (κ2) is 21.0. The first-order chi connectivity index (χ1) is 29.5. The Labute approximate surface area is 361 Å².